The molecule has 0 heterocycles. The first kappa shape index (κ1) is 19.6. The first-order valence-corrected chi connectivity index (χ1v) is 8.31. The minimum absolute atomic E-state index is 0.0279. The molecule has 0 saturated heterocycles. The maximum Gasteiger partial charge on any atom is 0.244 e. The minimum Gasteiger partial charge on any atom is -0.394 e. The number of halogens is 3. The van der Waals surface area contributed by atoms with E-state index in [-0.39, 0.29) is 12.1 Å². The third-order valence-electron chi connectivity index (χ3n) is 3.90. The van der Waals surface area contributed by atoms with Crippen molar-refractivity contribution in [2.24, 2.45) is 0 Å². The van der Waals surface area contributed by atoms with Crippen molar-refractivity contribution in [3.8, 4) is 0 Å². The topological polar surface area (TPSA) is 55.1 Å². The Kier molecular flexibility index (Phi) is 6.83. The molecule has 0 aromatic heterocycles. The highest BCUT2D eigenvalue weighted by Gasteiger charge is 2.08. The number of anilines is 1. The standard InChI is InChI=1S/C20H21F3N2O/c1-2-3-16-8-13(11-21)4-5-15(16)6-7-19(26)25-12-14-9-17(22)20(24)18(23)10-14/h4-10H,2-3,11-12,24H2,1H3,(H,25,26)/b7-6+. The average molecular weight is 362 g/mol. The number of carbonyl (C=O) groups excluding carboxylic acids is 1. The van der Waals surface area contributed by atoms with Crippen molar-refractivity contribution < 1.29 is 18.0 Å². The number of hydrogen-bond acceptors (Lipinski definition) is 2. The fourth-order valence-electron chi connectivity index (χ4n) is 2.54. The molecule has 0 bridgehead atoms. The summed E-state index contributed by atoms with van der Waals surface area (Å²) in [6, 6.07) is 7.40. The zero-order valence-electron chi connectivity index (χ0n) is 14.5. The third-order valence-corrected chi connectivity index (χ3v) is 3.90. The molecule has 6 heteroatoms. The number of nitrogens with one attached hydrogen (secondary N) is 1. The highest BCUT2D eigenvalue weighted by Crippen LogP contribution is 2.18. The van der Waals surface area contributed by atoms with Crippen molar-refractivity contribution in [2.45, 2.75) is 33.0 Å². The van der Waals surface area contributed by atoms with Gasteiger partial charge in [-0.25, -0.2) is 13.2 Å². The van der Waals surface area contributed by atoms with Crippen molar-refractivity contribution in [3.63, 3.8) is 0 Å². The Morgan fingerprint density at radius 2 is 1.85 bits per heavy atom. The van der Waals surface area contributed by atoms with Gasteiger partial charge in [0, 0.05) is 12.6 Å². The van der Waals surface area contributed by atoms with Gasteiger partial charge in [0.25, 0.3) is 0 Å². The van der Waals surface area contributed by atoms with Gasteiger partial charge in [-0.05, 0) is 46.9 Å². The lowest BCUT2D eigenvalue weighted by molar-refractivity contribution is -0.116. The quantitative estimate of drug-likeness (QED) is 0.570. The van der Waals surface area contributed by atoms with Gasteiger partial charge in [-0.3, -0.25) is 4.79 Å². The Balaban J connectivity index is 2.03. The van der Waals surface area contributed by atoms with E-state index >= 15 is 0 Å². The van der Waals surface area contributed by atoms with Crippen LogP contribution in [0.15, 0.2) is 36.4 Å². The molecule has 2 aromatic carbocycles. The fourth-order valence-corrected chi connectivity index (χ4v) is 2.54. The minimum atomic E-state index is -0.859. The predicted octanol–water partition coefficient (Wildman–Crippen LogP) is 4.30. The number of alkyl halides is 1. The van der Waals surface area contributed by atoms with Gasteiger partial charge in [0.2, 0.25) is 5.91 Å². The third kappa shape index (κ3) is 5.12. The van der Waals surface area contributed by atoms with Crippen molar-refractivity contribution >= 4 is 17.7 Å². The molecule has 2 rings (SSSR count). The van der Waals surface area contributed by atoms with E-state index in [1.807, 2.05) is 6.92 Å². The molecule has 0 fully saturated rings. The van der Waals surface area contributed by atoms with Gasteiger partial charge in [-0.2, -0.15) is 0 Å². The van der Waals surface area contributed by atoms with Crippen LogP contribution in [0.25, 0.3) is 6.08 Å². The molecule has 26 heavy (non-hydrogen) atoms. The molecular weight excluding hydrogens is 341 g/mol. The van der Waals surface area contributed by atoms with Gasteiger partial charge in [0.15, 0.2) is 0 Å². The van der Waals surface area contributed by atoms with Crippen LogP contribution < -0.4 is 11.1 Å². The van der Waals surface area contributed by atoms with E-state index in [4.69, 9.17) is 5.73 Å². The number of carbonyl (C=O) groups is 1. The summed E-state index contributed by atoms with van der Waals surface area (Å²) in [5, 5.41) is 2.56. The van der Waals surface area contributed by atoms with Crippen molar-refractivity contribution in [1.82, 2.24) is 5.32 Å². The molecule has 0 aliphatic heterocycles. The number of nitrogens with two attached hydrogens (primary N) is 1. The second-order valence-corrected chi connectivity index (χ2v) is 5.94. The number of benzene rings is 2. The molecule has 138 valence electrons. The summed E-state index contributed by atoms with van der Waals surface area (Å²) >= 11 is 0. The van der Waals surface area contributed by atoms with Gasteiger partial charge < -0.3 is 11.1 Å². The normalized spacial score (nSPS) is 11.1. The maximum atomic E-state index is 13.4. The molecule has 1 amide bonds. The maximum absolute atomic E-state index is 13.4. The second kappa shape index (κ2) is 9.08. The van der Waals surface area contributed by atoms with Crippen molar-refractivity contribution in [2.75, 3.05) is 5.73 Å². The Bertz CT molecular complexity index is 796. The molecular formula is C20H21F3N2O. The smallest absolute Gasteiger partial charge is 0.244 e. The summed E-state index contributed by atoms with van der Waals surface area (Å²) in [6.07, 6.45) is 4.66. The van der Waals surface area contributed by atoms with Crippen LogP contribution in [-0.4, -0.2) is 5.91 Å². The monoisotopic (exact) mass is 362 g/mol. The van der Waals surface area contributed by atoms with Crippen LogP contribution in [0.3, 0.4) is 0 Å². The van der Waals surface area contributed by atoms with E-state index in [9.17, 15) is 18.0 Å². The first-order valence-electron chi connectivity index (χ1n) is 8.31. The Morgan fingerprint density at radius 1 is 1.15 bits per heavy atom. The number of amides is 1. The molecule has 0 aliphatic rings. The van der Waals surface area contributed by atoms with Crippen LogP contribution in [0.2, 0.25) is 0 Å². The van der Waals surface area contributed by atoms with Gasteiger partial charge in [0.05, 0.1) is 0 Å². The van der Waals surface area contributed by atoms with E-state index in [0.717, 1.165) is 36.1 Å². The summed E-state index contributed by atoms with van der Waals surface area (Å²) in [6.45, 7) is 1.46. The summed E-state index contributed by atoms with van der Waals surface area (Å²) in [4.78, 5) is 11.9. The largest absolute Gasteiger partial charge is 0.394 e. The van der Waals surface area contributed by atoms with Crippen LogP contribution >= 0.6 is 0 Å². The molecule has 3 N–H and O–H groups in total. The van der Waals surface area contributed by atoms with E-state index in [0.29, 0.717) is 5.56 Å². The van der Waals surface area contributed by atoms with Crippen LogP contribution in [0.5, 0.6) is 0 Å². The zero-order chi connectivity index (χ0) is 19.1. The first-order chi connectivity index (χ1) is 12.4. The van der Waals surface area contributed by atoms with Gasteiger partial charge in [-0.15, -0.1) is 0 Å². The highest BCUT2D eigenvalue weighted by molar-refractivity contribution is 5.91. The Hall–Kier alpha value is -2.76. The lowest BCUT2D eigenvalue weighted by Gasteiger charge is -2.07. The molecule has 0 spiro atoms. The molecule has 0 radical (unpaired) electrons. The van der Waals surface area contributed by atoms with Crippen LogP contribution in [0.4, 0.5) is 18.9 Å². The predicted molar refractivity (Wildman–Crippen MR) is 96.9 cm³/mol. The van der Waals surface area contributed by atoms with E-state index < -0.39 is 29.9 Å². The van der Waals surface area contributed by atoms with Crippen LogP contribution in [0, 0.1) is 11.6 Å². The number of hydrogen-bond donors (Lipinski definition) is 2. The van der Waals surface area contributed by atoms with E-state index in [1.54, 1.807) is 24.3 Å². The summed E-state index contributed by atoms with van der Waals surface area (Å²) < 4.78 is 39.6. The highest BCUT2D eigenvalue weighted by atomic mass is 19.1. The molecule has 0 unspecified atom stereocenters. The molecule has 0 aliphatic carbocycles. The SMILES string of the molecule is CCCc1cc(CF)ccc1/C=C/C(=O)NCc1cc(F)c(N)c(F)c1. The van der Waals surface area contributed by atoms with Crippen LogP contribution in [-0.2, 0) is 24.4 Å². The average Bonchev–Trinajstić information content (AvgIpc) is 2.63. The summed E-state index contributed by atoms with van der Waals surface area (Å²) in [5.41, 5.74) is 7.34. The number of aryl methyl sites for hydroxylation is 1. The summed E-state index contributed by atoms with van der Waals surface area (Å²) in [7, 11) is 0. The van der Waals surface area contributed by atoms with Gasteiger partial charge >= 0.3 is 0 Å². The molecule has 0 atom stereocenters. The Morgan fingerprint density at radius 3 is 2.46 bits per heavy atom. The Labute approximate surface area is 150 Å². The van der Waals surface area contributed by atoms with E-state index in [2.05, 4.69) is 5.32 Å². The lowest BCUT2D eigenvalue weighted by Crippen LogP contribution is -2.20. The van der Waals surface area contributed by atoms with Crippen molar-refractivity contribution in [1.29, 1.82) is 0 Å². The molecule has 0 saturated carbocycles. The van der Waals surface area contributed by atoms with Gasteiger partial charge in [0.1, 0.15) is 24.0 Å². The lowest BCUT2D eigenvalue weighted by atomic mass is 10.00. The van der Waals surface area contributed by atoms with Gasteiger partial charge in [-0.1, -0.05) is 31.5 Å². The number of rotatable bonds is 7. The summed E-state index contributed by atoms with van der Waals surface area (Å²) in [5.74, 6) is -2.12. The molecule has 3 nitrogen and oxygen atoms in total. The second-order valence-electron chi connectivity index (χ2n) is 5.94. The van der Waals surface area contributed by atoms with Crippen LogP contribution in [0.1, 0.15) is 35.6 Å². The zero-order valence-corrected chi connectivity index (χ0v) is 14.5. The fraction of sp³-hybridized carbons (Fsp3) is 0.250. The van der Waals surface area contributed by atoms with E-state index in [1.165, 1.54) is 6.08 Å². The molecule has 2 aromatic rings. The number of nitrogen functional groups attached to an aromatic ring is 1. The van der Waals surface area contributed by atoms with Crippen molar-refractivity contribution in [3.05, 3.63) is 70.3 Å².